The Bertz CT molecular complexity index is 1890. The predicted octanol–water partition coefficient (Wildman–Crippen LogP) is 3.06. The Hall–Kier alpha value is -4.22. The van der Waals surface area contributed by atoms with Crippen LogP contribution in [0.3, 0.4) is 0 Å². The summed E-state index contributed by atoms with van der Waals surface area (Å²) < 4.78 is 46.8. The normalized spacial score (nSPS) is 22.9. The fraction of sp³-hybridized carbons (Fsp3) is 0.457. The monoisotopic (exact) mass is 672 g/mol. The molecule has 2 aromatic carbocycles. The van der Waals surface area contributed by atoms with E-state index >= 15 is 4.79 Å². The van der Waals surface area contributed by atoms with E-state index in [1.807, 2.05) is 6.92 Å². The van der Waals surface area contributed by atoms with Gasteiger partial charge >= 0.3 is 0 Å². The number of hydrogen-bond acceptors (Lipinski definition) is 11. The summed E-state index contributed by atoms with van der Waals surface area (Å²) in [5.41, 5.74) is -0.341. The minimum atomic E-state index is -4.54. The molecule has 4 aliphatic rings. The van der Waals surface area contributed by atoms with E-state index in [-0.39, 0.29) is 22.0 Å². The number of carbonyl (C=O) groups is 1. The number of rotatable bonds is 9. The lowest BCUT2D eigenvalue weighted by Gasteiger charge is -2.65. The van der Waals surface area contributed by atoms with Gasteiger partial charge in [-0.15, -0.1) is 0 Å². The lowest BCUT2D eigenvalue weighted by molar-refractivity contribution is -0.169. The van der Waals surface area contributed by atoms with Gasteiger partial charge in [0.25, 0.3) is 15.9 Å². The first-order chi connectivity index (χ1) is 23.1. The number of amides is 1. The molecular weight excluding hydrogens is 632 g/mol. The van der Waals surface area contributed by atoms with E-state index < -0.39 is 21.5 Å². The number of fused-ring (bicyclic) bond motifs is 1. The zero-order valence-electron chi connectivity index (χ0n) is 27.7. The molecule has 3 saturated heterocycles. The van der Waals surface area contributed by atoms with Crippen LogP contribution in [0.5, 0.6) is 17.4 Å². The van der Waals surface area contributed by atoms with Crippen molar-refractivity contribution < 1.29 is 27.4 Å². The molecule has 0 saturated carbocycles. The zero-order valence-corrected chi connectivity index (χ0v) is 28.5. The lowest BCUT2D eigenvalue weighted by atomic mass is 9.67. The standard InChI is InChI=1S/C35H40N6O6S/c1-5-47-30-12-10-26(45-3)18-28(30)35(40-22-34(23-40)20-39(21-34)25-13-15-38(2)16-14-25)27-17-24(19-36)9-11-29(27)41(33(35)42)48(43,44)32-8-6-7-31(37-32)46-4/h6-12,17-18,25H,5,13-16,20-23H2,1-4H3/t35-/m1/s1. The average molecular weight is 673 g/mol. The van der Waals surface area contributed by atoms with Crippen molar-refractivity contribution in [2.75, 3.05) is 71.4 Å². The van der Waals surface area contributed by atoms with Gasteiger partial charge in [0.05, 0.1) is 38.1 Å². The van der Waals surface area contributed by atoms with Crippen LogP contribution in [0.4, 0.5) is 5.69 Å². The molecule has 7 rings (SSSR count). The van der Waals surface area contributed by atoms with Crippen LogP contribution in [0, 0.1) is 16.7 Å². The second kappa shape index (κ2) is 12.0. The van der Waals surface area contributed by atoms with Crippen molar-refractivity contribution in [2.24, 2.45) is 5.41 Å². The van der Waals surface area contributed by atoms with Crippen LogP contribution < -0.4 is 18.5 Å². The number of carbonyl (C=O) groups excluding carboxylic acids is 1. The quantitative estimate of drug-likeness (QED) is 0.333. The van der Waals surface area contributed by atoms with Gasteiger partial charge in [0.15, 0.2) is 10.6 Å². The van der Waals surface area contributed by atoms with Gasteiger partial charge in [-0.25, -0.2) is 0 Å². The number of nitrogens with zero attached hydrogens (tertiary/aromatic N) is 6. The van der Waals surface area contributed by atoms with Crippen LogP contribution in [0.2, 0.25) is 0 Å². The van der Waals surface area contributed by atoms with Crippen LogP contribution in [0.1, 0.15) is 36.5 Å². The molecule has 0 bridgehead atoms. The highest BCUT2D eigenvalue weighted by atomic mass is 32.2. The molecule has 48 heavy (non-hydrogen) atoms. The third-order valence-electron chi connectivity index (χ3n) is 10.3. The van der Waals surface area contributed by atoms with E-state index in [1.165, 1.54) is 31.4 Å². The number of anilines is 1. The minimum absolute atomic E-state index is 0.0328. The van der Waals surface area contributed by atoms with Crippen LogP contribution in [-0.4, -0.2) is 107 Å². The molecule has 0 unspecified atom stereocenters. The summed E-state index contributed by atoms with van der Waals surface area (Å²) in [7, 11) is 0.561. The fourth-order valence-electron chi connectivity index (χ4n) is 8.00. The van der Waals surface area contributed by atoms with E-state index in [0.29, 0.717) is 53.9 Å². The van der Waals surface area contributed by atoms with Crippen LogP contribution in [0.15, 0.2) is 59.6 Å². The van der Waals surface area contributed by atoms with Gasteiger partial charge in [-0.3, -0.25) is 14.6 Å². The number of piperidine rings is 1. The largest absolute Gasteiger partial charge is 0.497 e. The minimum Gasteiger partial charge on any atom is -0.497 e. The van der Waals surface area contributed by atoms with Crippen LogP contribution in [0.25, 0.3) is 0 Å². The van der Waals surface area contributed by atoms with E-state index in [1.54, 1.807) is 37.4 Å². The lowest BCUT2D eigenvalue weighted by Crippen LogP contribution is -2.77. The highest BCUT2D eigenvalue weighted by Gasteiger charge is 2.67. The zero-order chi connectivity index (χ0) is 33.8. The van der Waals surface area contributed by atoms with Crippen molar-refractivity contribution in [3.8, 4) is 23.4 Å². The average Bonchev–Trinajstić information content (AvgIpc) is 3.32. The third kappa shape index (κ3) is 4.92. The van der Waals surface area contributed by atoms with Gasteiger partial charge in [0.2, 0.25) is 5.88 Å². The molecular formula is C35H40N6O6S. The van der Waals surface area contributed by atoms with Gasteiger partial charge in [-0.05, 0) is 82.4 Å². The number of aromatic nitrogens is 1. The summed E-state index contributed by atoms with van der Waals surface area (Å²) in [5, 5.41) is 9.68. The summed E-state index contributed by atoms with van der Waals surface area (Å²) in [6.07, 6.45) is 2.27. The van der Waals surface area contributed by atoms with Gasteiger partial charge in [0.1, 0.15) is 11.5 Å². The molecule has 5 heterocycles. The molecule has 3 aromatic rings. The number of pyridine rings is 1. The molecule has 0 N–H and O–H groups in total. The van der Waals surface area contributed by atoms with E-state index in [4.69, 9.17) is 14.2 Å². The maximum absolute atomic E-state index is 15.4. The van der Waals surface area contributed by atoms with Gasteiger partial charge in [-0.1, -0.05) is 6.07 Å². The van der Waals surface area contributed by atoms with Crippen molar-refractivity contribution in [2.45, 2.75) is 36.4 Å². The molecule has 1 atom stereocenters. The Morgan fingerprint density at radius 3 is 2.40 bits per heavy atom. The van der Waals surface area contributed by atoms with Crippen LogP contribution >= 0.6 is 0 Å². The maximum Gasteiger partial charge on any atom is 0.288 e. The molecule has 12 nitrogen and oxygen atoms in total. The maximum atomic E-state index is 15.4. The molecule has 4 aliphatic heterocycles. The highest BCUT2D eigenvalue weighted by molar-refractivity contribution is 7.93. The summed E-state index contributed by atoms with van der Waals surface area (Å²) in [5.74, 6) is 0.333. The molecule has 1 spiro atoms. The molecule has 0 aliphatic carbocycles. The first-order valence-electron chi connectivity index (χ1n) is 16.2. The van der Waals surface area contributed by atoms with Gasteiger partial charge in [0, 0.05) is 54.8 Å². The Kier molecular flexibility index (Phi) is 8.10. The first-order valence-corrected chi connectivity index (χ1v) is 17.7. The summed E-state index contributed by atoms with van der Waals surface area (Å²) >= 11 is 0. The number of nitriles is 1. The Morgan fingerprint density at radius 1 is 0.979 bits per heavy atom. The molecule has 3 fully saturated rings. The Labute approximate surface area is 281 Å². The molecule has 1 amide bonds. The van der Waals surface area contributed by atoms with E-state index in [2.05, 4.69) is 32.8 Å². The number of ether oxygens (including phenoxy) is 3. The Balaban J connectivity index is 1.37. The molecule has 0 radical (unpaired) electrons. The Morgan fingerprint density at radius 2 is 1.73 bits per heavy atom. The number of benzene rings is 2. The number of sulfonamides is 1. The summed E-state index contributed by atoms with van der Waals surface area (Å²) in [6.45, 7) is 7.29. The SMILES string of the molecule is CCOc1ccc(OC)cc1[C@@]1(N2CC3(CN(C4CCN(C)CC4)C3)C2)C(=O)N(S(=O)(=O)c2cccc(OC)n2)c2ccc(C#N)cc21. The number of hydrogen-bond donors (Lipinski definition) is 0. The van der Waals surface area contributed by atoms with Crippen molar-refractivity contribution in [1.82, 2.24) is 19.7 Å². The third-order valence-corrected chi connectivity index (χ3v) is 11.9. The second-order valence-corrected chi connectivity index (χ2v) is 15.0. The smallest absolute Gasteiger partial charge is 0.288 e. The second-order valence-electron chi connectivity index (χ2n) is 13.2. The highest BCUT2D eigenvalue weighted by Crippen LogP contribution is 2.57. The summed E-state index contributed by atoms with van der Waals surface area (Å²) in [6, 6.07) is 17.1. The molecule has 13 heteroatoms. The topological polar surface area (TPSA) is 129 Å². The van der Waals surface area contributed by atoms with E-state index in [9.17, 15) is 13.7 Å². The fourth-order valence-corrected chi connectivity index (χ4v) is 9.41. The van der Waals surface area contributed by atoms with Crippen molar-refractivity contribution in [3.05, 3.63) is 71.3 Å². The van der Waals surface area contributed by atoms with Gasteiger partial charge in [-0.2, -0.15) is 23.0 Å². The van der Waals surface area contributed by atoms with Crippen LogP contribution in [-0.2, 0) is 20.4 Å². The van der Waals surface area contributed by atoms with Crippen molar-refractivity contribution in [1.29, 1.82) is 5.26 Å². The first kappa shape index (κ1) is 32.3. The van der Waals surface area contributed by atoms with E-state index in [0.717, 1.165) is 43.3 Å². The van der Waals surface area contributed by atoms with Gasteiger partial charge < -0.3 is 19.1 Å². The van der Waals surface area contributed by atoms with Crippen molar-refractivity contribution >= 4 is 21.6 Å². The molecule has 252 valence electrons. The predicted molar refractivity (Wildman–Crippen MR) is 178 cm³/mol. The number of methoxy groups -OCH3 is 2. The summed E-state index contributed by atoms with van der Waals surface area (Å²) in [4.78, 5) is 26.5. The van der Waals surface area contributed by atoms with Crippen molar-refractivity contribution in [3.63, 3.8) is 0 Å². The number of likely N-dealkylation sites (tertiary alicyclic amines) is 3. The molecule has 1 aromatic heterocycles.